The van der Waals surface area contributed by atoms with Gasteiger partial charge in [-0.3, -0.25) is 14.9 Å². The fourth-order valence-corrected chi connectivity index (χ4v) is 2.09. The second-order valence-electron chi connectivity index (χ2n) is 5.85. The monoisotopic (exact) mass is 290 g/mol. The number of ether oxygens (including phenoxy) is 1. The van der Waals surface area contributed by atoms with Crippen molar-refractivity contribution in [3.05, 3.63) is 40.6 Å². The highest BCUT2D eigenvalue weighted by molar-refractivity contribution is 5.82. The summed E-state index contributed by atoms with van der Waals surface area (Å²) in [7, 11) is 0. The van der Waals surface area contributed by atoms with Gasteiger partial charge in [-0.15, -0.1) is 0 Å². The summed E-state index contributed by atoms with van der Waals surface area (Å²) in [5.74, 6) is -0.283. The molecule has 6 heteroatoms. The van der Waals surface area contributed by atoms with E-state index in [0.29, 0.717) is 6.54 Å². The third kappa shape index (κ3) is 3.81. The number of carbonyl (C=O) groups is 1. The Morgan fingerprint density at radius 2 is 2.05 bits per heavy atom. The van der Waals surface area contributed by atoms with Crippen LogP contribution in [0.25, 0.3) is 10.9 Å². The Morgan fingerprint density at radius 1 is 1.33 bits per heavy atom. The van der Waals surface area contributed by atoms with Crippen LogP contribution in [0.15, 0.2) is 30.5 Å². The zero-order valence-corrected chi connectivity index (χ0v) is 12.3. The van der Waals surface area contributed by atoms with E-state index in [1.807, 2.05) is 37.6 Å². The number of nitrogens with zero attached hydrogens (tertiary/aromatic N) is 2. The third-order valence-corrected chi connectivity index (χ3v) is 2.95. The van der Waals surface area contributed by atoms with Crippen molar-refractivity contribution in [2.75, 3.05) is 0 Å². The summed E-state index contributed by atoms with van der Waals surface area (Å²) in [4.78, 5) is 22.1. The van der Waals surface area contributed by atoms with Crippen LogP contribution in [0, 0.1) is 10.1 Å². The SMILES string of the molecule is CC(C)(C)OC(=O)CCn1ccc2ccc([N+](=O)[O-])cc21. The average Bonchev–Trinajstić information content (AvgIpc) is 2.76. The van der Waals surface area contributed by atoms with E-state index in [0.717, 1.165) is 10.9 Å². The van der Waals surface area contributed by atoms with Crippen LogP contribution < -0.4 is 0 Å². The molecule has 0 aliphatic heterocycles. The van der Waals surface area contributed by atoms with Crippen LogP contribution in [0.2, 0.25) is 0 Å². The first kappa shape index (κ1) is 15.0. The molecule has 1 aromatic carbocycles. The molecule has 1 heterocycles. The maximum Gasteiger partial charge on any atom is 0.308 e. The standard InChI is InChI=1S/C15H18N2O4/c1-15(2,3)21-14(18)7-9-16-8-6-11-4-5-12(17(19)20)10-13(11)16/h4-6,8,10H,7,9H2,1-3H3. The fraction of sp³-hybridized carbons (Fsp3) is 0.400. The Labute approximate surface area is 122 Å². The predicted octanol–water partition coefficient (Wildman–Crippen LogP) is 3.28. The lowest BCUT2D eigenvalue weighted by Gasteiger charge is -2.19. The molecule has 0 atom stereocenters. The smallest absolute Gasteiger partial charge is 0.308 e. The molecule has 0 saturated heterocycles. The number of fused-ring (bicyclic) bond motifs is 1. The van der Waals surface area contributed by atoms with Crippen LogP contribution in [0.3, 0.4) is 0 Å². The molecular formula is C15H18N2O4. The van der Waals surface area contributed by atoms with Gasteiger partial charge in [0.25, 0.3) is 5.69 Å². The van der Waals surface area contributed by atoms with Gasteiger partial charge in [-0.1, -0.05) is 0 Å². The molecule has 0 aliphatic carbocycles. The summed E-state index contributed by atoms with van der Waals surface area (Å²) in [6.07, 6.45) is 2.04. The van der Waals surface area contributed by atoms with Crippen LogP contribution in [-0.2, 0) is 16.1 Å². The number of aromatic nitrogens is 1. The third-order valence-electron chi connectivity index (χ3n) is 2.95. The van der Waals surface area contributed by atoms with Gasteiger partial charge in [0.05, 0.1) is 16.9 Å². The number of hydrogen-bond donors (Lipinski definition) is 0. The normalized spacial score (nSPS) is 11.6. The number of esters is 1. The maximum atomic E-state index is 11.7. The van der Waals surface area contributed by atoms with E-state index in [2.05, 4.69) is 0 Å². The highest BCUT2D eigenvalue weighted by Gasteiger charge is 2.16. The lowest BCUT2D eigenvalue weighted by Crippen LogP contribution is -2.24. The molecule has 1 aromatic heterocycles. The van der Waals surface area contributed by atoms with Crippen LogP contribution in [0.5, 0.6) is 0 Å². The van der Waals surface area contributed by atoms with Gasteiger partial charge in [-0.05, 0) is 32.9 Å². The molecular weight excluding hydrogens is 272 g/mol. The molecule has 2 aromatic rings. The highest BCUT2D eigenvalue weighted by Crippen LogP contribution is 2.22. The van der Waals surface area contributed by atoms with Gasteiger partial charge in [0.15, 0.2) is 0 Å². The zero-order valence-electron chi connectivity index (χ0n) is 12.3. The first-order valence-corrected chi connectivity index (χ1v) is 6.71. The Kier molecular flexibility index (Phi) is 3.97. The second-order valence-corrected chi connectivity index (χ2v) is 5.85. The molecule has 21 heavy (non-hydrogen) atoms. The van der Waals surface area contributed by atoms with Gasteiger partial charge < -0.3 is 9.30 Å². The Hall–Kier alpha value is -2.37. The molecule has 0 saturated carbocycles. The first-order valence-electron chi connectivity index (χ1n) is 6.71. The van der Waals surface area contributed by atoms with Crippen molar-refractivity contribution in [2.24, 2.45) is 0 Å². The number of nitro benzene ring substituents is 1. The van der Waals surface area contributed by atoms with Crippen LogP contribution >= 0.6 is 0 Å². The lowest BCUT2D eigenvalue weighted by molar-refractivity contribution is -0.384. The molecule has 0 unspecified atom stereocenters. The largest absolute Gasteiger partial charge is 0.460 e. The molecule has 0 bridgehead atoms. The zero-order chi connectivity index (χ0) is 15.6. The van der Waals surface area contributed by atoms with Crippen molar-refractivity contribution in [3.8, 4) is 0 Å². The van der Waals surface area contributed by atoms with Gasteiger partial charge in [0.1, 0.15) is 5.60 Å². The first-order chi connectivity index (χ1) is 9.76. The van der Waals surface area contributed by atoms with Crippen LogP contribution in [-0.4, -0.2) is 21.1 Å². The van der Waals surface area contributed by atoms with Crippen molar-refractivity contribution >= 4 is 22.6 Å². The van der Waals surface area contributed by atoms with Crippen LogP contribution in [0.4, 0.5) is 5.69 Å². The van der Waals surface area contributed by atoms with Crippen LogP contribution in [0.1, 0.15) is 27.2 Å². The van der Waals surface area contributed by atoms with E-state index < -0.39 is 10.5 Å². The number of benzene rings is 1. The Bertz CT molecular complexity index is 683. The molecule has 0 radical (unpaired) electrons. The van der Waals surface area contributed by atoms with Gasteiger partial charge in [0, 0.05) is 30.3 Å². The van der Waals surface area contributed by atoms with E-state index in [9.17, 15) is 14.9 Å². The number of rotatable bonds is 4. The lowest BCUT2D eigenvalue weighted by atomic mass is 10.2. The molecule has 0 amide bonds. The minimum atomic E-state index is -0.505. The summed E-state index contributed by atoms with van der Waals surface area (Å²) in [6.45, 7) is 5.89. The minimum absolute atomic E-state index is 0.0414. The van der Waals surface area contributed by atoms with Gasteiger partial charge in [-0.2, -0.15) is 0 Å². The summed E-state index contributed by atoms with van der Waals surface area (Å²) >= 11 is 0. The fourth-order valence-electron chi connectivity index (χ4n) is 2.09. The second kappa shape index (κ2) is 5.55. The van der Waals surface area contributed by atoms with Gasteiger partial charge in [0.2, 0.25) is 0 Å². The molecule has 0 fully saturated rings. The molecule has 6 nitrogen and oxygen atoms in total. The molecule has 2 rings (SSSR count). The van der Waals surface area contributed by atoms with Crippen molar-refractivity contribution in [1.82, 2.24) is 4.57 Å². The van der Waals surface area contributed by atoms with Crippen molar-refractivity contribution in [1.29, 1.82) is 0 Å². The summed E-state index contributed by atoms with van der Waals surface area (Å²) in [6, 6.07) is 6.57. The quantitative estimate of drug-likeness (QED) is 0.492. The summed E-state index contributed by atoms with van der Waals surface area (Å²) in [5, 5.41) is 11.7. The number of non-ortho nitro benzene ring substituents is 1. The van der Waals surface area contributed by atoms with Crippen molar-refractivity contribution in [3.63, 3.8) is 0 Å². The summed E-state index contributed by atoms with van der Waals surface area (Å²) < 4.78 is 7.08. The summed E-state index contributed by atoms with van der Waals surface area (Å²) in [5.41, 5.74) is 0.279. The van der Waals surface area contributed by atoms with E-state index in [-0.39, 0.29) is 18.1 Å². The van der Waals surface area contributed by atoms with Gasteiger partial charge >= 0.3 is 5.97 Å². The molecule has 112 valence electrons. The molecule has 0 aliphatic rings. The number of carbonyl (C=O) groups excluding carboxylic acids is 1. The number of nitro groups is 1. The highest BCUT2D eigenvalue weighted by atomic mass is 16.6. The van der Waals surface area contributed by atoms with Gasteiger partial charge in [-0.25, -0.2) is 0 Å². The molecule has 0 N–H and O–H groups in total. The Morgan fingerprint density at radius 3 is 2.67 bits per heavy atom. The van der Waals surface area contributed by atoms with E-state index in [1.54, 1.807) is 6.07 Å². The minimum Gasteiger partial charge on any atom is -0.460 e. The van der Waals surface area contributed by atoms with E-state index in [1.165, 1.54) is 12.1 Å². The van der Waals surface area contributed by atoms with E-state index in [4.69, 9.17) is 4.74 Å². The number of aryl methyl sites for hydroxylation is 1. The van der Waals surface area contributed by atoms with Crippen molar-refractivity contribution in [2.45, 2.75) is 39.3 Å². The average molecular weight is 290 g/mol. The molecule has 0 spiro atoms. The topological polar surface area (TPSA) is 74.4 Å². The van der Waals surface area contributed by atoms with Crippen molar-refractivity contribution < 1.29 is 14.5 Å². The Balaban J connectivity index is 2.13. The van der Waals surface area contributed by atoms with E-state index >= 15 is 0 Å². The maximum absolute atomic E-state index is 11.7. The number of hydrogen-bond acceptors (Lipinski definition) is 4. The predicted molar refractivity (Wildman–Crippen MR) is 79.1 cm³/mol.